The van der Waals surface area contributed by atoms with Crippen LogP contribution in [0.15, 0.2) is 53.2 Å². The van der Waals surface area contributed by atoms with Crippen molar-refractivity contribution in [2.75, 3.05) is 6.61 Å². The molecule has 20 heavy (non-hydrogen) atoms. The van der Waals surface area contributed by atoms with Gasteiger partial charge in [0.05, 0.1) is 0 Å². The first-order valence-electron chi connectivity index (χ1n) is 6.34. The van der Waals surface area contributed by atoms with Crippen LogP contribution in [0.4, 0.5) is 4.39 Å². The topological polar surface area (TPSA) is 21.6 Å². The second-order valence-corrected chi connectivity index (χ2v) is 4.87. The minimum atomic E-state index is -0.410. The Kier molecular flexibility index (Phi) is 5.18. The van der Waals surface area contributed by atoms with Gasteiger partial charge in [-0.1, -0.05) is 18.2 Å². The maximum absolute atomic E-state index is 13.9. The van der Waals surface area contributed by atoms with Crippen molar-refractivity contribution in [2.45, 2.75) is 12.8 Å². The summed E-state index contributed by atoms with van der Waals surface area (Å²) in [5.74, 6) is -0.173. The molecule has 1 aliphatic carbocycles. The number of rotatable bonds is 5. The van der Waals surface area contributed by atoms with E-state index in [-0.39, 0.29) is 5.75 Å². The van der Waals surface area contributed by atoms with E-state index in [2.05, 4.69) is 36.5 Å². The molecule has 2 rings (SSSR count). The molecular weight excluding hydrogens is 273 g/mol. The number of thiol groups is 1. The third kappa shape index (κ3) is 3.84. The fraction of sp³-hybridized carbons (Fsp3) is 0.188. The molecule has 0 atom stereocenters. The van der Waals surface area contributed by atoms with Crippen molar-refractivity contribution in [3.8, 4) is 5.75 Å². The highest BCUT2D eigenvalue weighted by Gasteiger charge is 2.07. The number of aliphatic imine (C=N–C) groups is 1. The second-order valence-electron chi connectivity index (χ2n) is 4.39. The van der Waals surface area contributed by atoms with Crippen LogP contribution in [0.5, 0.6) is 5.75 Å². The van der Waals surface area contributed by atoms with Crippen LogP contribution < -0.4 is 4.74 Å². The summed E-state index contributed by atoms with van der Waals surface area (Å²) in [5.41, 5.74) is 1.72. The summed E-state index contributed by atoms with van der Waals surface area (Å²) in [4.78, 5) is 4.16. The first kappa shape index (κ1) is 14.6. The van der Waals surface area contributed by atoms with Gasteiger partial charge in [0.2, 0.25) is 0 Å². The highest BCUT2D eigenvalue weighted by atomic mass is 32.1. The van der Waals surface area contributed by atoms with E-state index >= 15 is 0 Å². The summed E-state index contributed by atoms with van der Waals surface area (Å²) in [7, 11) is 0. The SMILES string of the molecule is C=N/C=C(\S)c1ccc(OCC2=CCCC=C2)c(F)c1. The van der Waals surface area contributed by atoms with Gasteiger partial charge in [-0.2, -0.15) is 0 Å². The van der Waals surface area contributed by atoms with Gasteiger partial charge in [0.15, 0.2) is 11.6 Å². The smallest absolute Gasteiger partial charge is 0.165 e. The van der Waals surface area contributed by atoms with Crippen molar-refractivity contribution < 1.29 is 9.13 Å². The minimum Gasteiger partial charge on any atom is -0.486 e. The van der Waals surface area contributed by atoms with Crippen molar-refractivity contribution in [3.63, 3.8) is 0 Å². The number of hydrogen-bond donors (Lipinski definition) is 1. The van der Waals surface area contributed by atoms with E-state index in [1.54, 1.807) is 12.1 Å². The molecule has 104 valence electrons. The zero-order valence-electron chi connectivity index (χ0n) is 11.1. The first-order chi connectivity index (χ1) is 9.70. The maximum atomic E-state index is 13.9. The number of ether oxygens (including phenoxy) is 1. The normalized spacial score (nSPS) is 14.9. The Hall–Kier alpha value is -1.81. The average molecular weight is 289 g/mol. The standard InChI is InChI=1S/C16H16FNOS/c1-18-10-16(20)13-7-8-15(14(17)9-13)19-11-12-5-3-2-4-6-12/h3,5-10,20H,1-2,4,11H2/b16-10-. The van der Waals surface area contributed by atoms with Crippen LogP contribution in [0.25, 0.3) is 4.91 Å². The Balaban J connectivity index is 2.06. The van der Waals surface area contributed by atoms with Gasteiger partial charge < -0.3 is 4.74 Å². The Morgan fingerprint density at radius 2 is 2.30 bits per heavy atom. The van der Waals surface area contributed by atoms with Crippen LogP contribution in [0, 0.1) is 5.82 Å². The van der Waals surface area contributed by atoms with Gasteiger partial charge in [-0.3, -0.25) is 4.99 Å². The Morgan fingerprint density at radius 3 is 2.95 bits per heavy atom. The molecule has 4 heteroatoms. The van der Waals surface area contributed by atoms with Crippen molar-refractivity contribution in [3.05, 3.63) is 59.6 Å². The number of nitrogens with zero attached hydrogens (tertiary/aromatic N) is 1. The molecular formula is C16H16FNOS. The average Bonchev–Trinajstić information content (AvgIpc) is 2.47. The lowest BCUT2D eigenvalue weighted by atomic mass is 10.1. The summed E-state index contributed by atoms with van der Waals surface area (Å²) < 4.78 is 19.4. The molecule has 0 fully saturated rings. The molecule has 1 aromatic rings. The van der Waals surface area contributed by atoms with Crippen LogP contribution in [0.3, 0.4) is 0 Å². The van der Waals surface area contributed by atoms with Gasteiger partial charge in [0.25, 0.3) is 0 Å². The predicted octanol–water partition coefficient (Wildman–Crippen LogP) is 4.41. The van der Waals surface area contributed by atoms with E-state index in [1.165, 1.54) is 12.3 Å². The van der Waals surface area contributed by atoms with E-state index in [1.807, 2.05) is 6.08 Å². The Labute approximate surface area is 123 Å². The third-order valence-corrected chi connectivity index (χ3v) is 3.28. The van der Waals surface area contributed by atoms with Gasteiger partial charge in [0.1, 0.15) is 6.61 Å². The van der Waals surface area contributed by atoms with Crippen molar-refractivity contribution >= 4 is 24.3 Å². The molecule has 0 unspecified atom stereocenters. The summed E-state index contributed by atoms with van der Waals surface area (Å²) in [6.07, 6.45) is 9.76. The van der Waals surface area contributed by atoms with Gasteiger partial charge in [-0.25, -0.2) is 4.39 Å². The molecule has 0 heterocycles. The van der Waals surface area contributed by atoms with E-state index < -0.39 is 5.82 Å². The highest BCUT2D eigenvalue weighted by molar-refractivity contribution is 7.90. The molecule has 0 N–H and O–H groups in total. The summed E-state index contributed by atoms with van der Waals surface area (Å²) in [6.45, 7) is 3.72. The van der Waals surface area contributed by atoms with Crippen LogP contribution >= 0.6 is 12.6 Å². The lowest BCUT2D eigenvalue weighted by Crippen LogP contribution is -2.02. The molecule has 0 spiro atoms. The molecule has 2 nitrogen and oxygen atoms in total. The molecule has 0 bridgehead atoms. The Morgan fingerprint density at radius 1 is 1.45 bits per heavy atom. The highest BCUT2D eigenvalue weighted by Crippen LogP contribution is 2.25. The zero-order chi connectivity index (χ0) is 14.4. The van der Waals surface area contributed by atoms with Gasteiger partial charge in [-0.05, 0) is 48.9 Å². The fourth-order valence-electron chi connectivity index (χ4n) is 1.87. The first-order valence-corrected chi connectivity index (χ1v) is 6.78. The van der Waals surface area contributed by atoms with Crippen LogP contribution in [-0.4, -0.2) is 13.3 Å². The molecule has 0 aliphatic heterocycles. The molecule has 0 radical (unpaired) electrons. The molecule has 1 aromatic carbocycles. The van der Waals surface area contributed by atoms with Crippen molar-refractivity contribution in [1.82, 2.24) is 0 Å². The van der Waals surface area contributed by atoms with Gasteiger partial charge in [-0.15, -0.1) is 12.6 Å². The summed E-state index contributed by atoms with van der Waals surface area (Å²) in [5, 5.41) is 0. The number of allylic oxidation sites excluding steroid dienone is 2. The van der Waals surface area contributed by atoms with Gasteiger partial charge in [0, 0.05) is 11.1 Å². The fourth-order valence-corrected chi connectivity index (χ4v) is 2.09. The quantitative estimate of drug-likeness (QED) is 0.629. The monoisotopic (exact) mass is 289 g/mol. The van der Waals surface area contributed by atoms with Crippen LogP contribution in [0.2, 0.25) is 0 Å². The van der Waals surface area contributed by atoms with Crippen LogP contribution in [-0.2, 0) is 0 Å². The molecule has 0 amide bonds. The second kappa shape index (κ2) is 7.10. The van der Waals surface area contributed by atoms with E-state index in [9.17, 15) is 4.39 Å². The van der Waals surface area contributed by atoms with Gasteiger partial charge >= 0.3 is 0 Å². The Bertz CT molecular complexity index is 590. The van der Waals surface area contributed by atoms with Crippen molar-refractivity contribution in [2.24, 2.45) is 4.99 Å². The lowest BCUT2D eigenvalue weighted by molar-refractivity contribution is 0.334. The van der Waals surface area contributed by atoms with Crippen molar-refractivity contribution in [1.29, 1.82) is 0 Å². The number of halogens is 1. The molecule has 0 saturated heterocycles. The zero-order valence-corrected chi connectivity index (χ0v) is 11.9. The lowest BCUT2D eigenvalue weighted by Gasteiger charge is -2.11. The minimum absolute atomic E-state index is 0.237. The predicted molar refractivity (Wildman–Crippen MR) is 84.9 cm³/mol. The summed E-state index contributed by atoms with van der Waals surface area (Å²) >= 11 is 4.22. The third-order valence-electron chi connectivity index (χ3n) is 2.91. The maximum Gasteiger partial charge on any atom is 0.165 e. The van der Waals surface area contributed by atoms with E-state index in [4.69, 9.17) is 4.74 Å². The molecule has 0 aromatic heterocycles. The number of hydrogen-bond acceptors (Lipinski definition) is 3. The van der Waals surface area contributed by atoms with E-state index in [0.717, 1.165) is 18.4 Å². The summed E-state index contributed by atoms with van der Waals surface area (Å²) in [6, 6.07) is 4.73. The largest absolute Gasteiger partial charge is 0.486 e. The number of benzene rings is 1. The molecule has 1 aliphatic rings. The molecule has 0 saturated carbocycles. The van der Waals surface area contributed by atoms with Crippen LogP contribution in [0.1, 0.15) is 18.4 Å². The van der Waals surface area contributed by atoms with E-state index in [0.29, 0.717) is 17.1 Å².